The number of nitrogens with zero attached hydrogens (tertiary/aromatic N) is 2. The summed E-state index contributed by atoms with van der Waals surface area (Å²) in [7, 11) is 0. The van der Waals surface area contributed by atoms with Gasteiger partial charge in [0.05, 0.1) is 16.7 Å². The third-order valence-electron chi connectivity index (χ3n) is 7.26. The standard InChI is InChI=1S/C36H26N2/c1-25-22-30(26-10-3-2-4-11-26)24-34(37-25)29-13-9-12-28(23-29)27-18-20-31(21-19-27)38-35-16-7-5-14-32(35)33-15-6-8-17-36(33)38/h2-24H,1H3. The molecule has 0 amide bonds. The van der Waals surface area contributed by atoms with Gasteiger partial charge in [0, 0.05) is 27.7 Å². The fourth-order valence-corrected chi connectivity index (χ4v) is 5.48. The first-order valence-electron chi connectivity index (χ1n) is 13.0. The Morgan fingerprint density at radius 2 is 1.03 bits per heavy atom. The Balaban J connectivity index is 1.27. The molecule has 0 fully saturated rings. The summed E-state index contributed by atoms with van der Waals surface area (Å²) in [6, 6.07) is 49.7. The minimum Gasteiger partial charge on any atom is -0.309 e. The van der Waals surface area contributed by atoms with E-state index in [9.17, 15) is 0 Å². The van der Waals surface area contributed by atoms with Gasteiger partial charge in [0.15, 0.2) is 0 Å². The van der Waals surface area contributed by atoms with Crippen LogP contribution >= 0.6 is 0 Å². The highest BCUT2D eigenvalue weighted by atomic mass is 15.0. The fourth-order valence-electron chi connectivity index (χ4n) is 5.48. The molecule has 38 heavy (non-hydrogen) atoms. The number of fused-ring (bicyclic) bond motifs is 3. The molecule has 7 rings (SSSR count). The molecular weight excluding hydrogens is 460 g/mol. The second-order valence-electron chi connectivity index (χ2n) is 9.75. The summed E-state index contributed by atoms with van der Waals surface area (Å²) in [4.78, 5) is 4.87. The summed E-state index contributed by atoms with van der Waals surface area (Å²) in [6.07, 6.45) is 0. The van der Waals surface area contributed by atoms with E-state index in [4.69, 9.17) is 4.98 Å². The average molecular weight is 487 g/mol. The van der Waals surface area contributed by atoms with Gasteiger partial charge in [-0.2, -0.15) is 0 Å². The molecule has 0 saturated carbocycles. The van der Waals surface area contributed by atoms with Crippen molar-refractivity contribution in [1.29, 1.82) is 0 Å². The minimum atomic E-state index is 0.993. The van der Waals surface area contributed by atoms with Crippen molar-refractivity contribution in [3.8, 4) is 39.2 Å². The Morgan fingerprint density at radius 1 is 0.447 bits per heavy atom. The molecule has 180 valence electrons. The lowest BCUT2D eigenvalue weighted by Crippen LogP contribution is -1.93. The number of aromatic nitrogens is 2. The molecule has 7 aromatic rings. The highest BCUT2D eigenvalue weighted by Crippen LogP contribution is 2.33. The number of benzene rings is 5. The van der Waals surface area contributed by atoms with Gasteiger partial charge in [0.2, 0.25) is 0 Å². The maximum atomic E-state index is 4.87. The zero-order valence-electron chi connectivity index (χ0n) is 21.2. The molecule has 0 unspecified atom stereocenters. The van der Waals surface area contributed by atoms with Crippen molar-refractivity contribution in [1.82, 2.24) is 9.55 Å². The van der Waals surface area contributed by atoms with Crippen LogP contribution in [0.1, 0.15) is 5.69 Å². The largest absolute Gasteiger partial charge is 0.309 e. The van der Waals surface area contributed by atoms with Crippen molar-refractivity contribution in [2.75, 3.05) is 0 Å². The second kappa shape index (κ2) is 9.17. The molecular formula is C36H26N2. The lowest BCUT2D eigenvalue weighted by molar-refractivity contribution is 1.18. The van der Waals surface area contributed by atoms with Crippen LogP contribution in [0.15, 0.2) is 140 Å². The maximum absolute atomic E-state index is 4.87. The normalized spacial score (nSPS) is 11.3. The number of pyridine rings is 1. The molecule has 0 saturated heterocycles. The number of para-hydroxylation sites is 2. The smallest absolute Gasteiger partial charge is 0.0711 e. The quantitative estimate of drug-likeness (QED) is 0.242. The van der Waals surface area contributed by atoms with Gasteiger partial charge in [0.1, 0.15) is 0 Å². The first-order chi connectivity index (χ1) is 18.7. The van der Waals surface area contributed by atoms with Gasteiger partial charge in [-0.3, -0.25) is 4.98 Å². The van der Waals surface area contributed by atoms with Crippen LogP contribution in [0, 0.1) is 6.92 Å². The molecule has 0 spiro atoms. The Hall–Kier alpha value is -4.95. The number of aryl methyl sites for hydroxylation is 1. The van der Waals surface area contributed by atoms with Crippen LogP contribution in [-0.2, 0) is 0 Å². The topological polar surface area (TPSA) is 17.8 Å². The molecule has 0 aliphatic heterocycles. The second-order valence-corrected chi connectivity index (χ2v) is 9.75. The van der Waals surface area contributed by atoms with E-state index in [1.165, 1.54) is 44.1 Å². The first kappa shape index (κ1) is 22.3. The van der Waals surface area contributed by atoms with Gasteiger partial charge in [-0.15, -0.1) is 0 Å². The number of hydrogen-bond donors (Lipinski definition) is 0. The molecule has 0 aliphatic rings. The van der Waals surface area contributed by atoms with E-state index in [0.717, 1.165) is 22.6 Å². The monoisotopic (exact) mass is 486 g/mol. The lowest BCUT2D eigenvalue weighted by atomic mass is 9.99. The van der Waals surface area contributed by atoms with Crippen LogP contribution in [0.3, 0.4) is 0 Å². The molecule has 2 aromatic heterocycles. The molecule has 0 N–H and O–H groups in total. The van der Waals surface area contributed by atoms with Crippen LogP contribution < -0.4 is 0 Å². The fraction of sp³-hybridized carbons (Fsp3) is 0.0278. The molecule has 0 atom stereocenters. The van der Waals surface area contributed by atoms with E-state index in [0.29, 0.717) is 0 Å². The molecule has 2 heteroatoms. The molecule has 0 aliphatic carbocycles. The SMILES string of the molecule is Cc1cc(-c2ccccc2)cc(-c2cccc(-c3ccc(-n4c5ccccc5c5ccccc54)cc3)c2)n1. The van der Waals surface area contributed by atoms with Gasteiger partial charge >= 0.3 is 0 Å². The van der Waals surface area contributed by atoms with Crippen molar-refractivity contribution in [3.63, 3.8) is 0 Å². The Kier molecular flexibility index (Phi) is 5.37. The van der Waals surface area contributed by atoms with Gasteiger partial charge in [0.25, 0.3) is 0 Å². The summed E-state index contributed by atoms with van der Waals surface area (Å²) in [5, 5.41) is 2.56. The van der Waals surface area contributed by atoms with Crippen molar-refractivity contribution in [3.05, 3.63) is 145 Å². The first-order valence-corrected chi connectivity index (χ1v) is 13.0. The zero-order valence-corrected chi connectivity index (χ0v) is 21.2. The molecule has 5 aromatic carbocycles. The number of rotatable bonds is 4. The van der Waals surface area contributed by atoms with Crippen molar-refractivity contribution in [2.45, 2.75) is 6.92 Å². The predicted octanol–water partition coefficient (Wildman–Crippen LogP) is 9.49. The summed E-state index contributed by atoms with van der Waals surface area (Å²) >= 11 is 0. The van der Waals surface area contributed by atoms with E-state index in [2.05, 4.69) is 151 Å². The molecule has 0 radical (unpaired) electrons. The Bertz CT molecular complexity index is 1860. The third-order valence-corrected chi connectivity index (χ3v) is 7.26. The van der Waals surface area contributed by atoms with Crippen LogP contribution in [0.4, 0.5) is 0 Å². The van der Waals surface area contributed by atoms with Gasteiger partial charge < -0.3 is 4.57 Å². The summed E-state index contributed by atoms with van der Waals surface area (Å²) < 4.78 is 2.35. The number of hydrogen-bond acceptors (Lipinski definition) is 1. The summed E-state index contributed by atoms with van der Waals surface area (Å²) in [6.45, 7) is 2.06. The van der Waals surface area contributed by atoms with Crippen LogP contribution in [-0.4, -0.2) is 9.55 Å². The summed E-state index contributed by atoms with van der Waals surface area (Å²) in [5.41, 5.74) is 11.5. The van der Waals surface area contributed by atoms with E-state index < -0.39 is 0 Å². The van der Waals surface area contributed by atoms with E-state index in [1.54, 1.807) is 0 Å². The molecule has 0 bridgehead atoms. The van der Waals surface area contributed by atoms with Gasteiger partial charge in [-0.25, -0.2) is 0 Å². The maximum Gasteiger partial charge on any atom is 0.0711 e. The van der Waals surface area contributed by atoms with E-state index in [-0.39, 0.29) is 0 Å². The third kappa shape index (κ3) is 3.88. The highest BCUT2D eigenvalue weighted by molar-refractivity contribution is 6.09. The van der Waals surface area contributed by atoms with Gasteiger partial charge in [-0.05, 0) is 71.6 Å². The van der Waals surface area contributed by atoms with Crippen molar-refractivity contribution >= 4 is 21.8 Å². The van der Waals surface area contributed by atoms with Crippen LogP contribution in [0.2, 0.25) is 0 Å². The Labute approximate surface area is 222 Å². The highest BCUT2D eigenvalue weighted by Gasteiger charge is 2.12. The molecule has 2 nitrogen and oxygen atoms in total. The zero-order chi connectivity index (χ0) is 25.5. The lowest BCUT2D eigenvalue weighted by Gasteiger charge is -2.11. The van der Waals surface area contributed by atoms with E-state index in [1.807, 2.05) is 0 Å². The van der Waals surface area contributed by atoms with Crippen LogP contribution in [0.5, 0.6) is 0 Å². The van der Waals surface area contributed by atoms with E-state index >= 15 is 0 Å². The predicted molar refractivity (Wildman–Crippen MR) is 160 cm³/mol. The average Bonchev–Trinajstić information content (AvgIpc) is 3.32. The molecule has 2 heterocycles. The van der Waals surface area contributed by atoms with Gasteiger partial charge in [-0.1, -0.05) is 97.1 Å². The van der Waals surface area contributed by atoms with Crippen molar-refractivity contribution in [2.24, 2.45) is 0 Å². The Morgan fingerprint density at radius 3 is 1.74 bits per heavy atom. The summed E-state index contributed by atoms with van der Waals surface area (Å²) in [5.74, 6) is 0. The minimum absolute atomic E-state index is 0.993. The van der Waals surface area contributed by atoms with Crippen LogP contribution in [0.25, 0.3) is 61.0 Å². The van der Waals surface area contributed by atoms with Crippen molar-refractivity contribution < 1.29 is 0 Å².